The van der Waals surface area contributed by atoms with Crippen molar-refractivity contribution in [3.8, 4) is 10.4 Å². The predicted molar refractivity (Wildman–Crippen MR) is 59.2 cm³/mol. The minimum absolute atomic E-state index is 1.35. The van der Waals surface area contributed by atoms with E-state index in [9.17, 15) is 0 Å². The number of aryl methyl sites for hydroxylation is 2. The monoisotopic (exact) mass is 188 g/mol. The molecule has 1 aromatic heterocycles. The van der Waals surface area contributed by atoms with E-state index in [1.165, 1.54) is 21.6 Å². The first-order valence-corrected chi connectivity index (χ1v) is 5.27. The quantitative estimate of drug-likeness (QED) is 0.633. The average Bonchev–Trinajstić information content (AvgIpc) is 2.52. The zero-order chi connectivity index (χ0) is 9.26. The zero-order valence-electron chi connectivity index (χ0n) is 7.87. The molecular formula is C12H12S. The molecule has 13 heavy (non-hydrogen) atoms. The largest absolute Gasteiger partial charge is 0.144 e. The minimum atomic E-state index is 1.35. The Morgan fingerprint density at radius 2 is 1.69 bits per heavy atom. The maximum absolute atomic E-state index is 2.19. The van der Waals surface area contributed by atoms with Crippen molar-refractivity contribution in [2.75, 3.05) is 0 Å². The highest BCUT2D eigenvalue weighted by atomic mass is 32.1. The van der Waals surface area contributed by atoms with Crippen LogP contribution >= 0.6 is 11.3 Å². The van der Waals surface area contributed by atoms with Gasteiger partial charge in [0.1, 0.15) is 0 Å². The van der Waals surface area contributed by atoms with E-state index < -0.39 is 0 Å². The van der Waals surface area contributed by atoms with Crippen LogP contribution in [-0.4, -0.2) is 0 Å². The third kappa shape index (κ3) is 1.52. The van der Waals surface area contributed by atoms with Crippen LogP contribution in [0.1, 0.15) is 11.1 Å². The van der Waals surface area contributed by atoms with Gasteiger partial charge in [-0.2, -0.15) is 0 Å². The standard InChI is InChI=1S/C12H12S/c1-9-5-3-4-6-11(9)12-10(2)7-8-13-12/h3-8H,1-2H3. The normalized spacial score (nSPS) is 10.3. The van der Waals surface area contributed by atoms with Crippen LogP contribution in [-0.2, 0) is 0 Å². The molecule has 0 saturated heterocycles. The average molecular weight is 188 g/mol. The molecule has 2 aromatic rings. The molecule has 0 aliphatic carbocycles. The smallest absolute Gasteiger partial charge is 0.0374 e. The molecule has 0 unspecified atom stereocenters. The molecule has 1 heterocycles. The van der Waals surface area contributed by atoms with Crippen molar-refractivity contribution in [3.63, 3.8) is 0 Å². The summed E-state index contributed by atoms with van der Waals surface area (Å²) in [5.74, 6) is 0. The Kier molecular flexibility index (Phi) is 2.19. The highest BCUT2D eigenvalue weighted by molar-refractivity contribution is 7.13. The summed E-state index contributed by atoms with van der Waals surface area (Å²) in [6, 6.07) is 10.7. The van der Waals surface area contributed by atoms with Crippen molar-refractivity contribution in [1.29, 1.82) is 0 Å². The SMILES string of the molecule is Cc1ccccc1-c1sccc1C. The fourth-order valence-corrected chi connectivity index (χ4v) is 2.49. The summed E-state index contributed by atoms with van der Waals surface area (Å²) in [7, 11) is 0. The summed E-state index contributed by atoms with van der Waals surface area (Å²) in [5.41, 5.74) is 4.10. The molecule has 0 aliphatic rings. The molecule has 2 rings (SSSR count). The van der Waals surface area contributed by atoms with E-state index in [2.05, 4.69) is 49.6 Å². The van der Waals surface area contributed by atoms with Crippen LogP contribution in [0, 0.1) is 13.8 Å². The minimum Gasteiger partial charge on any atom is -0.144 e. The van der Waals surface area contributed by atoms with E-state index in [1.54, 1.807) is 0 Å². The lowest BCUT2D eigenvalue weighted by Gasteiger charge is -2.03. The van der Waals surface area contributed by atoms with Gasteiger partial charge in [-0.3, -0.25) is 0 Å². The van der Waals surface area contributed by atoms with E-state index in [0.29, 0.717) is 0 Å². The van der Waals surface area contributed by atoms with E-state index in [4.69, 9.17) is 0 Å². The molecule has 0 amide bonds. The van der Waals surface area contributed by atoms with Crippen molar-refractivity contribution in [1.82, 2.24) is 0 Å². The number of rotatable bonds is 1. The Morgan fingerprint density at radius 1 is 0.923 bits per heavy atom. The molecule has 0 N–H and O–H groups in total. The van der Waals surface area contributed by atoms with E-state index in [-0.39, 0.29) is 0 Å². The molecule has 0 atom stereocenters. The van der Waals surface area contributed by atoms with Crippen molar-refractivity contribution in [3.05, 3.63) is 46.8 Å². The Hall–Kier alpha value is -1.08. The van der Waals surface area contributed by atoms with E-state index in [1.807, 2.05) is 11.3 Å². The van der Waals surface area contributed by atoms with Gasteiger partial charge in [0.15, 0.2) is 0 Å². The Bertz CT molecular complexity index is 413. The number of hydrogen-bond donors (Lipinski definition) is 0. The molecule has 66 valence electrons. The second-order valence-electron chi connectivity index (χ2n) is 3.25. The van der Waals surface area contributed by atoms with Crippen molar-refractivity contribution in [2.24, 2.45) is 0 Å². The molecule has 0 nitrogen and oxygen atoms in total. The highest BCUT2D eigenvalue weighted by Crippen LogP contribution is 2.30. The summed E-state index contributed by atoms with van der Waals surface area (Å²) in [6.45, 7) is 4.33. The maximum atomic E-state index is 2.19. The van der Waals surface area contributed by atoms with Crippen LogP contribution in [0.3, 0.4) is 0 Å². The molecule has 0 aliphatic heterocycles. The fraction of sp³-hybridized carbons (Fsp3) is 0.167. The topological polar surface area (TPSA) is 0 Å². The molecule has 1 aromatic carbocycles. The van der Waals surface area contributed by atoms with Gasteiger partial charge in [0.2, 0.25) is 0 Å². The number of thiophene rings is 1. The first kappa shape index (κ1) is 8.52. The summed E-state index contributed by atoms with van der Waals surface area (Å²) in [5, 5.41) is 2.15. The van der Waals surface area contributed by atoms with Gasteiger partial charge in [0, 0.05) is 4.88 Å². The first-order chi connectivity index (χ1) is 6.29. The fourth-order valence-electron chi connectivity index (χ4n) is 1.48. The van der Waals surface area contributed by atoms with E-state index >= 15 is 0 Å². The van der Waals surface area contributed by atoms with Crippen LogP contribution in [0.15, 0.2) is 35.7 Å². The van der Waals surface area contributed by atoms with Crippen LogP contribution < -0.4 is 0 Å². The molecule has 1 heteroatoms. The first-order valence-electron chi connectivity index (χ1n) is 4.39. The zero-order valence-corrected chi connectivity index (χ0v) is 8.69. The second kappa shape index (κ2) is 3.35. The van der Waals surface area contributed by atoms with Gasteiger partial charge in [-0.05, 0) is 42.0 Å². The summed E-state index contributed by atoms with van der Waals surface area (Å²) < 4.78 is 0. The molecule has 0 spiro atoms. The van der Waals surface area contributed by atoms with Gasteiger partial charge in [0.05, 0.1) is 0 Å². The molecule has 0 bridgehead atoms. The summed E-state index contributed by atoms with van der Waals surface area (Å²) in [6.07, 6.45) is 0. The maximum Gasteiger partial charge on any atom is 0.0374 e. The second-order valence-corrected chi connectivity index (χ2v) is 4.16. The Labute approximate surface area is 82.9 Å². The number of hydrogen-bond acceptors (Lipinski definition) is 1. The Balaban J connectivity index is 2.59. The highest BCUT2D eigenvalue weighted by Gasteiger charge is 2.04. The van der Waals surface area contributed by atoms with Crippen molar-refractivity contribution < 1.29 is 0 Å². The van der Waals surface area contributed by atoms with Gasteiger partial charge in [-0.1, -0.05) is 24.3 Å². The van der Waals surface area contributed by atoms with Gasteiger partial charge in [0.25, 0.3) is 0 Å². The van der Waals surface area contributed by atoms with Crippen LogP contribution in [0.25, 0.3) is 10.4 Å². The molecular weight excluding hydrogens is 176 g/mol. The van der Waals surface area contributed by atoms with E-state index in [0.717, 1.165) is 0 Å². The van der Waals surface area contributed by atoms with Crippen molar-refractivity contribution in [2.45, 2.75) is 13.8 Å². The van der Waals surface area contributed by atoms with Crippen molar-refractivity contribution >= 4 is 11.3 Å². The number of benzene rings is 1. The summed E-state index contributed by atoms with van der Waals surface area (Å²) >= 11 is 1.82. The van der Waals surface area contributed by atoms with Gasteiger partial charge in [-0.15, -0.1) is 11.3 Å². The third-order valence-corrected chi connectivity index (χ3v) is 3.30. The summed E-state index contributed by atoms with van der Waals surface area (Å²) in [4.78, 5) is 1.40. The molecule has 0 fully saturated rings. The van der Waals surface area contributed by atoms with Gasteiger partial charge >= 0.3 is 0 Å². The van der Waals surface area contributed by atoms with Crippen LogP contribution in [0.2, 0.25) is 0 Å². The molecule has 0 saturated carbocycles. The lowest BCUT2D eigenvalue weighted by Crippen LogP contribution is -1.80. The lowest BCUT2D eigenvalue weighted by molar-refractivity contribution is 1.45. The Morgan fingerprint density at radius 3 is 2.31 bits per heavy atom. The van der Waals surface area contributed by atoms with Crippen LogP contribution in [0.4, 0.5) is 0 Å². The molecule has 0 radical (unpaired) electrons. The van der Waals surface area contributed by atoms with Crippen LogP contribution in [0.5, 0.6) is 0 Å². The lowest BCUT2D eigenvalue weighted by atomic mass is 10.1. The predicted octanol–water partition coefficient (Wildman–Crippen LogP) is 4.03. The van der Waals surface area contributed by atoms with Gasteiger partial charge < -0.3 is 0 Å². The van der Waals surface area contributed by atoms with Gasteiger partial charge in [-0.25, -0.2) is 0 Å². The third-order valence-electron chi connectivity index (χ3n) is 2.25.